The molecule has 0 rings (SSSR count). The van der Waals surface area contributed by atoms with Crippen LogP contribution in [0.5, 0.6) is 0 Å². The van der Waals surface area contributed by atoms with E-state index in [4.69, 9.17) is 0 Å². The Balaban J connectivity index is 0. The van der Waals surface area contributed by atoms with E-state index in [1.165, 1.54) is 0 Å². The van der Waals surface area contributed by atoms with Gasteiger partial charge < -0.3 is 0 Å². The molecule has 0 aromatic rings. The molecule has 0 fully saturated rings. The van der Waals surface area contributed by atoms with Crippen LogP contribution in [0.1, 0.15) is 0 Å². The molecule has 0 amide bonds. The fourth-order valence-electron chi connectivity index (χ4n) is 0. The SMILES string of the molecule is [SiH4].[SiH4].[W].[W]. The van der Waals surface area contributed by atoms with E-state index in [1.807, 2.05) is 0 Å². The van der Waals surface area contributed by atoms with E-state index in [-0.39, 0.29) is 64.1 Å². The van der Waals surface area contributed by atoms with Gasteiger partial charge in [0.1, 0.15) is 0 Å². The van der Waals surface area contributed by atoms with Gasteiger partial charge in [-0.15, -0.1) is 0 Å². The molecule has 0 nitrogen and oxygen atoms in total. The third-order valence-electron chi connectivity index (χ3n) is 0. The fraction of sp³-hybridized carbons (Fsp3) is 0. The molecule has 0 atom stereocenters. The van der Waals surface area contributed by atoms with E-state index in [2.05, 4.69) is 0 Å². The van der Waals surface area contributed by atoms with Gasteiger partial charge in [0, 0.05) is 42.1 Å². The molecule has 28 valence electrons. The van der Waals surface area contributed by atoms with Crippen LogP contribution in [0.3, 0.4) is 0 Å². The van der Waals surface area contributed by atoms with E-state index < -0.39 is 0 Å². The van der Waals surface area contributed by atoms with Crippen molar-refractivity contribution in [3.05, 3.63) is 0 Å². The van der Waals surface area contributed by atoms with Crippen molar-refractivity contribution in [1.82, 2.24) is 0 Å². The summed E-state index contributed by atoms with van der Waals surface area (Å²) in [7, 11) is 0. The zero-order valence-corrected chi connectivity index (χ0v) is 6.68. The third kappa shape index (κ3) is 9.18. The second-order valence-electron chi connectivity index (χ2n) is 0. The summed E-state index contributed by atoms with van der Waals surface area (Å²) in [6.07, 6.45) is 0. The summed E-state index contributed by atoms with van der Waals surface area (Å²) in [6, 6.07) is 0. The van der Waals surface area contributed by atoms with Crippen molar-refractivity contribution in [3.63, 3.8) is 0 Å². The molecule has 0 aromatic heterocycles. The van der Waals surface area contributed by atoms with E-state index in [9.17, 15) is 0 Å². The molecule has 0 aromatic carbocycles. The standard InChI is InChI=1S/2H4Si.2W/h2*1H4;;. The Bertz CT molecular complexity index is 4.00. The Morgan fingerprint density at radius 3 is 0.500 bits per heavy atom. The van der Waals surface area contributed by atoms with E-state index in [0.29, 0.717) is 0 Å². The number of rotatable bonds is 0. The molecular weight excluding hydrogens is 424 g/mol. The molecule has 0 saturated heterocycles. The van der Waals surface area contributed by atoms with Gasteiger partial charge in [0.2, 0.25) is 0 Å². The van der Waals surface area contributed by atoms with Crippen LogP contribution in [0.2, 0.25) is 0 Å². The van der Waals surface area contributed by atoms with Crippen LogP contribution >= 0.6 is 0 Å². The predicted molar refractivity (Wildman–Crippen MR) is 22.7 cm³/mol. The molecule has 0 spiro atoms. The molecule has 4 heteroatoms. The maximum Gasteiger partial charge on any atom is 0 e. The van der Waals surface area contributed by atoms with Gasteiger partial charge in [0.15, 0.2) is 0 Å². The number of hydrogen-bond donors (Lipinski definition) is 0. The Morgan fingerprint density at radius 2 is 0.500 bits per heavy atom. The Kier molecular flexibility index (Phi) is 219. The first-order chi connectivity index (χ1) is 0. The Labute approximate surface area is 63.7 Å². The normalized spacial score (nSPS) is 0. The van der Waals surface area contributed by atoms with Crippen molar-refractivity contribution in [2.75, 3.05) is 0 Å². The van der Waals surface area contributed by atoms with E-state index in [0.717, 1.165) is 0 Å². The maximum atomic E-state index is 0. The Morgan fingerprint density at radius 1 is 0.500 bits per heavy atom. The minimum Gasteiger partial charge on any atom is -0.0149 e. The van der Waals surface area contributed by atoms with Crippen molar-refractivity contribution < 1.29 is 42.1 Å². The van der Waals surface area contributed by atoms with Gasteiger partial charge in [-0.3, -0.25) is 0 Å². The molecule has 0 aliphatic carbocycles. The van der Waals surface area contributed by atoms with Crippen LogP contribution in [0.15, 0.2) is 0 Å². The minimum absolute atomic E-state index is 0. The van der Waals surface area contributed by atoms with Crippen LogP contribution in [-0.4, -0.2) is 21.9 Å². The monoisotopic (exact) mass is 432 g/mol. The average Bonchev–Trinajstić information content (AvgIpc) is 0. The van der Waals surface area contributed by atoms with Crippen molar-refractivity contribution in [2.24, 2.45) is 0 Å². The molecule has 0 saturated carbocycles. The van der Waals surface area contributed by atoms with Crippen molar-refractivity contribution in [1.29, 1.82) is 0 Å². The summed E-state index contributed by atoms with van der Waals surface area (Å²) in [6.45, 7) is 0. The molecule has 0 N–H and O–H groups in total. The van der Waals surface area contributed by atoms with Crippen LogP contribution in [-0.2, 0) is 42.1 Å². The van der Waals surface area contributed by atoms with Crippen molar-refractivity contribution in [2.45, 2.75) is 0 Å². The summed E-state index contributed by atoms with van der Waals surface area (Å²) >= 11 is 0. The summed E-state index contributed by atoms with van der Waals surface area (Å²) in [5.74, 6) is 0. The molecule has 0 aliphatic heterocycles. The minimum atomic E-state index is 0. The van der Waals surface area contributed by atoms with Crippen LogP contribution in [0, 0.1) is 0 Å². The van der Waals surface area contributed by atoms with Crippen LogP contribution in [0.25, 0.3) is 0 Å². The first-order valence-electron chi connectivity index (χ1n) is 0. The van der Waals surface area contributed by atoms with E-state index >= 15 is 0 Å². The second kappa shape index (κ2) is 21.3. The molecule has 0 unspecified atom stereocenters. The first-order valence-corrected chi connectivity index (χ1v) is 0. The van der Waals surface area contributed by atoms with Gasteiger partial charge in [-0.05, 0) is 21.9 Å². The summed E-state index contributed by atoms with van der Waals surface area (Å²) in [4.78, 5) is 0. The summed E-state index contributed by atoms with van der Waals surface area (Å²) in [5.41, 5.74) is 0. The maximum absolute atomic E-state index is 0. The van der Waals surface area contributed by atoms with Crippen molar-refractivity contribution >= 4 is 21.9 Å². The molecule has 4 heavy (non-hydrogen) atoms. The summed E-state index contributed by atoms with van der Waals surface area (Å²) in [5, 5.41) is 0. The zero-order chi connectivity index (χ0) is 0. The Hall–Kier alpha value is 1.81. The fourth-order valence-corrected chi connectivity index (χ4v) is 0. The predicted octanol–water partition coefficient (Wildman–Crippen LogP) is -2.91. The second-order valence-corrected chi connectivity index (χ2v) is 0. The van der Waals surface area contributed by atoms with Gasteiger partial charge in [0.05, 0.1) is 0 Å². The van der Waals surface area contributed by atoms with Gasteiger partial charge >= 0.3 is 0 Å². The van der Waals surface area contributed by atoms with Crippen LogP contribution < -0.4 is 0 Å². The zero-order valence-electron chi connectivity index (χ0n) is 0.816. The first kappa shape index (κ1) is 41.0. The molecule has 0 radical (unpaired) electrons. The number of hydrogen-bond acceptors (Lipinski definition) is 0. The molecule has 0 bridgehead atoms. The largest absolute Gasteiger partial charge is 0.0149 e. The third-order valence-corrected chi connectivity index (χ3v) is 0. The topological polar surface area (TPSA) is 0 Å². The smallest absolute Gasteiger partial charge is 0 e. The van der Waals surface area contributed by atoms with E-state index in [1.54, 1.807) is 0 Å². The summed E-state index contributed by atoms with van der Waals surface area (Å²) < 4.78 is 0. The van der Waals surface area contributed by atoms with Gasteiger partial charge in [-0.25, -0.2) is 0 Å². The average molecular weight is 432 g/mol. The molecule has 0 heterocycles. The van der Waals surface area contributed by atoms with Gasteiger partial charge in [0.25, 0.3) is 0 Å². The quantitative estimate of drug-likeness (QED) is 0.361. The van der Waals surface area contributed by atoms with Gasteiger partial charge in [-0.1, -0.05) is 0 Å². The van der Waals surface area contributed by atoms with Crippen LogP contribution in [0.4, 0.5) is 0 Å². The molecular formula is H8Si2W2. The molecule has 0 aliphatic rings. The van der Waals surface area contributed by atoms with Gasteiger partial charge in [-0.2, -0.15) is 0 Å². The van der Waals surface area contributed by atoms with Crippen molar-refractivity contribution in [3.8, 4) is 0 Å².